The number of ether oxygens (including phenoxy) is 2. The van der Waals surface area contributed by atoms with E-state index in [0.717, 1.165) is 37.9 Å². The monoisotopic (exact) mass is 363 g/mol. The van der Waals surface area contributed by atoms with Gasteiger partial charge in [0, 0.05) is 18.2 Å². The van der Waals surface area contributed by atoms with Crippen LogP contribution in [0.4, 0.5) is 4.79 Å². The summed E-state index contributed by atoms with van der Waals surface area (Å²) in [5, 5.41) is 0. The Bertz CT molecular complexity index is 557. The lowest BCUT2D eigenvalue weighted by Crippen LogP contribution is -2.47. The second-order valence-electron chi connectivity index (χ2n) is 8.22. The van der Waals surface area contributed by atoms with Gasteiger partial charge in [0.25, 0.3) is 0 Å². The molecular weight excluding hydrogens is 326 g/mol. The van der Waals surface area contributed by atoms with Crippen molar-refractivity contribution < 1.29 is 14.3 Å². The summed E-state index contributed by atoms with van der Waals surface area (Å²) in [4.78, 5) is 14.4. The fraction of sp³-hybridized carbons (Fsp3) is 0.682. The first-order chi connectivity index (χ1) is 12.1. The average molecular weight is 364 g/mol. The van der Waals surface area contributed by atoms with Crippen molar-refractivity contribution in [3.63, 3.8) is 0 Å². The molecule has 0 bridgehead atoms. The zero-order chi connectivity index (χ0) is 19.8. The first kappa shape index (κ1) is 22.3. The van der Waals surface area contributed by atoms with Gasteiger partial charge >= 0.3 is 6.09 Å². The molecule has 0 radical (unpaired) electrons. The Kier molecular flexibility index (Phi) is 8.45. The minimum atomic E-state index is -0.318. The zero-order valence-electron chi connectivity index (χ0n) is 17.7. The maximum atomic E-state index is 12.6. The number of carbonyl (C=O) groups is 1. The highest BCUT2D eigenvalue weighted by atomic mass is 16.6. The fourth-order valence-electron chi connectivity index (χ4n) is 3.25. The number of nitrogens with zero attached hydrogens (tertiary/aromatic N) is 1. The number of hydrogen-bond donors (Lipinski definition) is 0. The third-order valence-electron chi connectivity index (χ3n) is 4.41. The highest BCUT2D eigenvalue weighted by molar-refractivity contribution is 5.71. The lowest BCUT2D eigenvalue weighted by atomic mass is 9.94. The molecule has 1 aromatic carbocycles. The molecule has 1 aromatic rings. The molecule has 26 heavy (non-hydrogen) atoms. The first-order valence-electron chi connectivity index (χ1n) is 9.93. The summed E-state index contributed by atoms with van der Waals surface area (Å²) in [6, 6.07) is 7.41. The lowest BCUT2D eigenvalue weighted by Gasteiger charge is -2.34. The largest absolute Gasteiger partial charge is 0.487 e. The smallest absolute Gasteiger partial charge is 0.415 e. The molecule has 0 spiro atoms. The highest BCUT2D eigenvalue weighted by Crippen LogP contribution is 2.29. The van der Waals surface area contributed by atoms with Gasteiger partial charge in [-0.2, -0.15) is 0 Å². The van der Waals surface area contributed by atoms with E-state index in [1.807, 2.05) is 39.0 Å². The van der Waals surface area contributed by atoms with Gasteiger partial charge in [-0.3, -0.25) is 0 Å². The van der Waals surface area contributed by atoms with E-state index in [4.69, 9.17) is 9.47 Å². The van der Waals surface area contributed by atoms with Crippen LogP contribution in [0.1, 0.15) is 80.6 Å². The van der Waals surface area contributed by atoms with Crippen molar-refractivity contribution in [2.75, 3.05) is 6.54 Å². The second kappa shape index (κ2) is 9.84. The Morgan fingerprint density at radius 3 is 2.04 bits per heavy atom. The van der Waals surface area contributed by atoms with Crippen molar-refractivity contribution >= 4 is 6.09 Å². The van der Waals surface area contributed by atoms with E-state index in [1.165, 1.54) is 0 Å². The van der Waals surface area contributed by atoms with Gasteiger partial charge in [-0.1, -0.05) is 39.7 Å². The zero-order valence-corrected chi connectivity index (χ0v) is 17.7. The van der Waals surface area contributed by atoms with Gasteiger partial charge in [-0.15, -0.1) is 0 Å². The highest BCUT2D eigenvalue weighted by Gasteiger charge is 2.28. The van der Waals surface area contributed by atoms with Crippen LogP contribution in [-0.2, 0) is 0 Å². The Morgan fingerprint density at radius 2 is 1.54 bits per heavy atom. The Labute approximate surface area is 159 Å². The van der Waals surface area contributed by atoms with Gasteiger partial charge in [-0.25, -0.2) is 4.79 Å². The van der Waals surface area contributed by atoms with Crippen LogP contribution >= 0.6 is 0 Å². The number of carbonyl (C=O) groups excluding carboxylic acids is 1. The maximum Gasteiger partial charge on any atom is 0.415 e. The van der Waals surface area contributed by atoms with Gasteiger partial charge in [0.05, 0.1) is 0 Å². The first-order valence-corrected chi connectivity index (χ1v) is 9.93. The van der Waals surface area contributed by atoms with E-state index in [2.05, 4.69) is 27.7 Å². The van der Waals surface area contributed by atoms with Gasteiger partial charge in [0.1, 0.15) is 17.1 Å². The normalized spacial score (nSPS) is 12.0. The molecule has 4 nitrogen and oxygen atoms in total. The van der Waals surface area contributed by atoms with E-state index in [0.29, 0.717) is 12.3 Å². The summed E-state index contributed by atoms with van der Waals surface area (Å²) in [5.41, 5.74) is -0.464. The van der Waals surface area contributed by atoms with E-state index in [9.17, 15) is 4.79 Å². The molecule has 0 aliphatic heterocycles. The Morgan fingerprint density at radius 1 is 0.962 bits per heavy atom. The summed E-state index contributed by atoms with van der Waals surface area (Å²) in [6.07, 6.45) is 4.72. The van der Waals surface area contributed by atoms with Crippen molar-refractivity contribution in [3.05, 3.63) is 24.3 Å². The average Bonchev–Trinajstić information content (AvgIpc) is 2.51. The quantitative estimate of drug-likeness (QED) is 0.507. The minimum absolute atomic E-state index is 0.189. The molecule has 4 heteroatoms. The van der Waals surface area contributed by atoms with Gasteiger partial charge in [-0.05, 0) is 59.1 Å². The summed E-state index contributed by atoms with van der Waals surface area (Å²) < 4.78 is 11.9. The minimum Gasteiger partial charge on any atom is -0.487 e. The number of amides is 1. The third-order valence-corrected chi connectivity index (χ3v) is 4.41. The molecule has 1 rings (SSSR count). The molecule has 0 aromatic heterocycles. The molecule has 0 unspecified atom stereocenters. The molecule has 0 saturated carbocycles. The predicted molar refractivity (Wildman–Crippen MR) is 108 cm³/mol. The Hall–Kier alpha value is -1.71. The molecule has 0 fully saturated rings. The molecule has 148 valence electrons. The topological polar surface area (TPSA) is 38.8 Å². The number of rotatable bonds is 9. The maximum absolute atomic E-state index is 12.6. The molecule has 0 heterocycles. The van der Waals surface area contributed by atoms with Gasteiger partial charge in [0.2, 0.25) is 0 Å². The molecule has 0 atom stereocenters. The van der Waals surface area contributed by atoms with E-state index in [-0.39, 0.29) is 17.2 Å². The lowest BCUT2D eigenvalue weighted by molar-refractivity contribution is 0.0677. The third kappa shape index (κ3) is 6.89. The van der Waals surface area contributed by atoms with Crippen LogP contribution in [0, 0.1) is 0 Å². The molecule has 1 amide bonds. The summed E-state index contributed by atoms with van der Waals surface area (Å²) in [5.74, 6) is 1.27. The van der Waals surface area contributed by atoms with Gasteiger partial charge in [0.15, 0.2) is 0 Å². The summed E-state index contributed by atoms with van der Waals surface area (Å²) >= 11 is 0. The van der Waals surface area contributed by atoms with Gasteiger partial charge < -0.3 is 14.4 Å². The van der Waals surface area contributed by atoms with Crippen LogP contribution in [0.5, 0.6) is 11.5 Å². The van der Waals surface area contributed by atoms with Crippen LogP contribution in [0.25, 0.3) is 0 Å². The van der Waals surface area contributed by atoms with Crippen molar-refractivity contribution in [1.82, 2.24) is 4.90 Å². The second-order valence-corrected chi connectivity index (χ2v) is 8.22. The van der Waals surface area contributed by atoms with Crippen molar-refractivity contribution in [1.29, 1.82) is 0 Å². The van der Waals surface area contributed by atoms with Crippen LogP contribution in [0.15, 0.2) is 24.3 Å². The van der Waals surface area contributed by atoms with E-state index >= 15 is 0 Å². The molecule has 0 aliphatic carbocycles. The Balaban J connectivity index is 2.90. The van der Waals surface area contributed by atoms with Crippen LogP contribution < -0.4 is 9.47 Å². The van der Waals surface area contributed by atoms with Crippen LogP contribution in [0.3, 0.4) is 0 Å². The van der Waals surface area contributed by atoms with Crippen LogP contribution in [-0.4, -0.2) is 28.7 Å². The molecule has 0 saturated heterocycles. The van der Waals surface area contributed by atoms with Crippen LogP contribution in [0.2, 0.25) is 0 Å². The SMILES string of the molecule is CCCN(C(=O)Oc1cccc(OC(C)(CCC)CCC)c1)C(C)(C)C. The molecule has 0 N–H and O–H groups in total. The number of benzene rings is 1. The van der Waals surface area contributed by atoms with Crippen molar-refractivity contribution in [3.8, 4) is 11.5 Å². The van der Waals surface area contributed by atoms with E-state index in [1.54, 1.807) is 11.0 Å². The van der Waals surface area contributed by atoms with Crippen molar-refractivity contribution in [2.45, 2.75) is 91.7 Å². The number of hydrogen-bond acceptors (Lipinski definition) is 3. The van der Waals surface area contributed by atoms with Crippen molar-refractivity contribution in [2.24, 2.45) is 0 Å². The summed E-state index contributed by atoms with van der Waals surface area (Å²) in [7, 11) is 0. The molecule has 0 aliphatic rings. The summed E-state index contributed by atoms with van der Waals surface area (Å²) in [6.45, 7) is 15.3. The standard InChI is InChI=1S/C22H37NO3/c1-8-14-22(7,15-9-2)26-19-13-11-12-18(17-19)25-20(24)23(16-10-3)21(4,5)6/h11-13,17H,8-10,14-16H2,1-7H3. The fourth-order valence-corrected chi connectivity index (χ4v) is 3.25. The predicted octanol–water partition coefficient (Wildman–Crippen LogP) is 6.43. The van der Waals surface area contributed by atoms with E-state index < -0.39 is 0 Å². The molecular formula is C22H37NO3.